The van der Waals surface area contributed by atoms with Gasteiger partial charge in [0, 0.05) is 37.3 Å². The molecule has 15 nitrogen and oxygen atoms in total. The van der Waals surface area contributed by atoms with Crippen LogP contribution in [0.5, 0.6) is 0 Å². The van der Waals surface area contributed by atoms with E-state index in [1.165, 1.54) is 12.1 Å². The van der Waals surface area contributed by atoms with Gasteiger partial charge in [-0.15, -0.1) is 0 Å². The van der Waals surface area contributed by atoms with Gasteiger partial charge in [0.05, 0.1) is 0 Å². The van der Waals surface area contributed by atoms with Crippen LogP contribution in [-0.4, -0.2) is 95.0 Å². The van der Waals surface area contributed by atoms with E-state index < -0.39 is 77.6 Å². The predicted octanol–water partition coefficient (Wildman–Crippen LogP) is 4.17. The van der Waals surface area contributed by atoms with Crippen LogP contribution in [0.3, 0.4) is 0 Å². The molecule has 2 aliphatic rings. The van der Waals surface area contributed by atoms with Crippen molar-refractivity contribution in [1.29, 1.82) is 0 Å². The van der Waals surface area contributed by atoms with Gasteiger partial charge in [-0.25, -0.2) is 4.79 Å². The van der Waals surface area contributed by atoms with Crippen molar-refractivity contribution in [3.05, 3.63) is 167 Å². The third-order valence-electron chi connectivity index (χ3n) is 11.7. The van der Waals surface area contributed by atoms with Gasteiger partial charge >= 0.3 is 11.9 Å². The molecule has 0 aliphatic carbocycles. The summed E-state index contributed by atoms with van der Waals surface area (Å²) in [4.78, 5) is 95.4. The molecule has 5 aromatic rings. The molecule has 15 heteroatoms. The lowest BCUT2D eigenvalue weighted by Crippen LogP contribution is -2.60. The minimum absolute atomic E-state index is 0.0218. The van der Waals surface area contributed by atoms with E-state index in [2.05, 4.69) is 31.9 Å². The minimum Gasteiger partial charge on any atom is -0.481 e. The maximum atomic E-state index is 14.8. The highest BCUT2D eigenvalue weighted by Crippen LogP contribution is 2.25. The molecule has 5 amide bonds. The number of fused-ring (bicyclic) bond motifs is 18. The van der Waals surface area contributed by atoms with Gasteiger partial charge in [-0.1, -0.05) is 134 Å². The second kappa shape index (κ2) is 24.0. The molecule has 0 spiro atoms. The number of benzene rings is 5. The summed E-state index contributed by atoms with van der Waals surface area (Å²) >= 11 is 0. The number of carbonyl (C=O) groups excluding carboxylic acids is 5. The molecular weight excluding hydrogens is 853 g/mol. The highest BCUT2D eigenvalue weighted by Gasteiger charge is 2.35. The molecule has 6 unspecified atom stereocenters. The SMILES string of the molecule is CC(c1ccc(-c2ccccc2)cc1)C1NC(=O)C(CCc2ccccc2)NC(=O)C(NCCCC(=O)O)CNC(=O)c2ccc(cc2)CC(C(=O)O)NC(=O)C(Cc2ccccc2)NC1=O. The number of aryl methyl sites for hydroxylation is 1. The minimum atomic E-state index is -1.43. The Morgan fingerprint density at radius 3 is 1.82 bits per heavy atom. The fourth-order valence-electron chi connectivity index (χ4n) is 7.86. The van der Waals surface area contributed by atoms with E-state index in [4.69, 9.17) is 0 Å². The van der Waals surface area contributed by atoms with E-state index in [0.717, 1.165) is 16.7 Å². The lowest BCUT2D eigenvalue weighted by atomic mass is 9.90. The average molecular weight is 909 g/mol. The first kappa shape index (κ1) is 48.8. The van der Waals surface area contributed by atoms with Crippen molar-refractivity contribution in [1.82, 2.24) is 31.9 Å². The average Bonchev–Trinajstić information content (AvgIpc) is 3.34. The summed E-state index contributed by atoms with van der Waals surface area (Å²) in [5.41, 5.74) is 4.83. The Balaban J connectivity index is 1.40. The Morgan fingerprint density at radius 2 is 1.19 bits per heavy atom. The largest absolute Gasteiger partial charge is 0.481 e. The number of carboxylic acid groups (broad SMARTS) is 2. The zero-order valence-electron chi connectivity index (χ0n) is 37.2. The molecule has 0 radical (unpaired) electrons. The standard InChI is InChI=1S/C52H56N6O9/c1-33(37-24-26-39(27-25-37)38-16-9-4-10-17-38)46-51(65)56-42(30-35-14-7-3-8-15-35)49(63)57-43(52(66)67)31-36-19-22-40(23-20-36)47(61)54-32-44(53-29-11-18-45(59)60)50(64)55-41(48(62)58-46)28-21-34-12-5-2-6-13-34/h2-10,12-17,19-20,22-27,33,41-44,46,53H,11,18,21,28-32H2,1H3,(H,54,61)(H,55,64)(H,56,65)(H,57,63)(H,58,62)(H,59,60)(H,66,67). The molecule has 0 saturated carbocycles. The van der Waals surface area contributed by atoms with Gasteiger partial charge in [-0.2, -0.15) is 0 Å². The highest BCUT2D eigenvalue weighted by atomic mass is 16.4. The number of aliphatic carboxylic acids is 2. The Morgan fingerprint density at radius 1 is 0.627 bits per heavy atom. The summed E-state index contributed by atoms with van der Waals surface area (Å²) in [5, 5.41) is 36.5. The van der Waals surface area contributed by atoms with Crippen LogP contribution >= 0.6 is 0 Å². The second-order valence-corrected chi connectivity index (χ2v) is 16.6. The van der Waals surface area contributed by atoms with Crippen LogP contribution in [0, 0.1) is 0 Å². The van der Waals surface area contributed by atoms with Crippen LogP contribution in [0.1, 0.15) is 64.7 Å². The van der Waals surface area contributed by atoms with Gasteiger partial charge in [-0.05, 0) is 71.3 Å². The van der Waals surface area contributed by atoms with Crippen molar-refractivity contribution in [3.8, 4) is 11.1 Å². The molecular formula is C52H56N6O9. The molecule has 6 atom stereocenters. The van der Waals surface area contributed by atoms with Gasteiger partial charge in [0.2, 0.25) is 23.6 Å². The zero-order chi connectivity index (χ0) is 47.7. The van der Waals surface area contributed by atoms with Crippen molar-refractivity contribution < 1.29 is 43.8 Å². The van der Waals surface area contributed by atoms with Gasteiger partial charge in [0.15, 0.2) is 0 Å². The van der Waals surface area contributed by atoms with Crippen LogP contribution in [0.15, 0.2) is 140 Å². The fourth-order valence-corrected chi connectivity index (χ4v) is 7.86. The fraction of sp³-hybridized carbons (Fsp3) is 0.288. The first-order valence-corrected chi connectivity index (χ1v) is 22.3. The Hall–Kier alpha value is -7.65. The van der Waals surface area contributed by atoms with E-state index in [0.29, 0.717) is 23.1 Å². The number of rotatable bonds is 14. The Labute approximate surface area is 389 Å². The monoisotopic (exact) mass is 908 g/mol. The topological polar surface area (TPSA) is 232 Å². The molecule has 7 rings (SSSR count). The zero-order valence-corrected chi connectivity index (χ0v) is 37.2. The van der Waals surface area contributed by atoms with E-state index in [-0.39, 0.29) is 50.8 Å². The third-order valence-corrected chi connectivity index (χ3v) is 11.7. The van der Waals surface area contributed by atoms with Crippen molar-refractivity contribution >= 4 is 41.5 Å². The molecule has 0 fully saturated rings. The maximum Gasteiger partial charge on any atom is 0.326 e. The van der Waals surface area contributed by atoms with E-state index in [9.17, 15) is 43.8 Å². The Bertz CT molecular complexity index is 2470. The van der Waals surface area contributed by atoms with E-state index in [1.54, 1.807) is 49.4 Å². The number of nitrogens with one attached hydrogen (secondary N) is 6. The molecule has 8 N–H and O–H groups in total. The summed E-state index contributed by atoms with van der Waals surface area (Å²) in [6.07, 6.45) is 0.265. The number of amides is 5. The molecule has 2 bridgehead atoms. The first-order chi connectivity index (χ1) is 32.3. The Kier molecular flexibility index (Phi) is 17.5. The molecule has 5 aromatic carbocycles. The number of carbonyl (C=O) groups is 7. The van der Waals surface area contributed by atoms with Crippen LogP contribution in [0.4, 0.5) is 0 Å². The summed E-state index contributed by atoms with van der Waals surface area (Å²) in [6.45, 7) is 1.61. The summed E-state index contributed by atoms with van der Waals surface area (Å²) in [6, 6.07) is 35.1. The first-order valence-electron chi connectivity index (χ1n) is 22.3. The maximum absolute atomic E-state index is 14.8. The van der Waals surface area contributed by atoms with Gasteiger partial charge in [0.25, 0.3) is 5.91 Å². The van der Waals surface area contributed by atoms with Crippen LogP contribution < -0.4 is 31.9 Å². The molecule has 0 aromatic heterocycles. The number of hydrogen-bond donors (Lipinski definition) is 8. The number of hydrogen-bond acceptors (Lipinski definition) is 8. The van der Waals surface area contributed by atoms with Gasteiger partial charge in [-0.3, -0.25) is 28.8 Å². The summed E-state index contributed by atoms with van der Waals surface area (Å²) in [5.74, 6) is -6.47. The van der Waals surface area contributed by atoms with Crippen molar-refractivity contribution in [2.75, 3.05) is 13.1 Å². The quantitative estimate of drug-likeness (QED) is 0.0586. The van der Waals surface area contributed by atoms with Crippen molar-refractivity contribution in [2.24, 2.45) is 0 Å². The summed E-state index contributed by atoms with van der Waals surface area (Å²) in [7, 11) is 0. The smallest absolute Gasteiger partial charge is 0.326 e. The molecule has 2 aliphatic heterocycles. The summed E-state index contributed by atoms with van der Waals surface area (Å²) < 4.78 is 0. The molecule has 0 saturated heterocycles. The molecule has 2 heterocycles. The lowest BCUT2D eigenvalue weighted by Gasteiger charge is -2.30. The lowest BCUT2D eigenvalue weighted by molar-refractivity contribution is -0.142. The van der Waals surface area contributed by atoms with Crippen LogP contribution in [-0.2, 0) is 48.0 Å². The number of carboxylic acids is 2. The van der Waals surface area contributed by atoms with Gasteiger partial charge < -0.3 is 42.1 Å². The third kappa shape index (κ3) is 14.4. The highest BCUT2D eigenvalue weighted by molar-refractivity contribution is 5.97. The second-order valence-electron chi connectivity index (χ2n) is 16.6. The van der Waals surface area contributed by atoms with E-state index >= 15 is 0 Å². The van der Waals surface area contributed by atoms with Crippen molar-refractivity contribution in [3.63, 3.8) is 0 Å². The predicted molar refractivity (Wildman–Crippen MR) is 252 cm³/mol. The van der Waals surface area contributed by atoms with Crippen LogP contribution in [0.2, 0.25) is 0 Å². The normalized spacial score (nSPS) is 20.2. The molecule has 348 valence electrons. The molecule has 67 heavy (non-hydrogen) atoms. The van der Waals surface area contributed by atoms with Gasteiger partial charge in [0.1, 0.15) is 30.2 Å². The van der Waals surface area contributed by atoms with E-state index in [1.807, 2.05) is 84.9 Å². The van der Waals surface area contributed by atoms with Crippen LogP contribution in [0.25, 0.3) is 11.1 Å². The van der Waals surface area contributed by atoms with Crippen molar-refractivity contribution in [2.45, 2.75) is 81.6 Å².